The van der Waals surface area contributed by atoms with Crippen LogP contribution in [-0.4, -0.2) is 43.6 Å². The molecule has 0 radical (unpaired) electrons. The Bertz CT molecular complexity index is 1390. The number of nitrogens with one attached hydrogen (secondary N) is 5. The first-order valence-electron chi connectivity index (χ1n) is 9.92. The van der Waals surface area contributed by atoms with E-state index in [0.717, 1.165) is 0 Å². The number of fused-ring (bicyclic) bond motifs is 1. The van der Waals surface area contributed by atoms with Crippen LogP contribution in [0.1, 0.15) is 46.1 Å². The van der Waals surface area contributed by atoms with Crippen LogP contribution in [0.4, 0.5) is 23.2 Å². The molecule has 4 aromatic rings. The normalized spacial score (nSPS) is 12.5. The highest BCUT2D eigenvalue weighted by Gasteiger charge is 2.33. The third-order valence-electron chi connectivity index (χ3n) is 5.06. The molecule has 34 heavy (non-hydrogen) atoms. The highest BCUT2D eigenvalue weighted by molar-refractivity contribution is 6.14. The lowest BCUT2D eigenvalue weighted by molar-refractivity contribution is -0.140. The Balaban J connectivity index is 1.60. The fraction of sp³-hybridized carbons (Fsp3) is 0.190. The molecule has 0 fully saturated rings. The van der Waals surface area contributed by atoms with E-state index in [2.05, 4.69) is 35.6 Å². The standard InChI is InChI=1S/C21H18F4N8O/c1-9(18-30-8-15(33-18)21(23,24)25)31-20(34)12-6-28-19-17(12)32-14(7-29-19)16(26)11-4-3-10(22)5-13(11)27-2/h3-9,26-27H,1-2H3,(H,28,29)(H,30,33)(H,31,34). The fourth-order valence-electron chi connectivity index (χ4n) is 3.31. The maximum absolute atomic E-state index is 13.5. The number of rotatable bonds is 6. The first-order chi connectivity index (χ1) is 16.1. The molecule has 4 rings (SSSR count). The van der Waals surface area contributed by atoms with E-state index in [1.54, 1.807) is 7.05 Å². The van der Waals surface area contributed by atoms with E-state index >= 15 is 0 Å². The van der Waals surface area contributed by atoms with Crippen LogP contribution in [0.2, 0.25) is 0 Å². The van der Waals surface area contributed by atoms with Crippen LogP contribution in [0.3, 0.4) is 0 Å². The SMILES string of the molecule is CNc1cc(F)ccc1C(=N)c1cnc2[nH]cc(C(=O)NC(C)c3ncc(C(F)(F)F)[nH]3)c2n1. The summed E-state index contributed by atoms with van der Waals surface area (Å²) in [6, 6.07) is 3.03. The molecule has 1 atom stereocenters. The van der Waals surface area contributed by atoms with E-state index in [1.165, 1.54) is 37.5 Å². The number of carbonyl (C=O) groups is 1. The summed E-state index contributed by atoms with van der Waals surface area (Å²) in [4.78, 5) is 30.0. The predicted molar refractivity (Wildman–Crippen MR) is 115 cm³/mol. The summed E-state index contributed by atoms with van der Waals surface area (Å²) in [5.41, 5.74) is 0.352. The predicted octanol–water partition coefficient (Wildman–Crippen LogP) is 3.79. The summed E-state index contributed by atoms with van der Waals surface area (Å²) in [7, 11) is 1.59. The van der Waals surface area contributed by atoms with Crippen molar-refractivity contribution in [3.63, 3.8) is 0 Å². The van der Waals surface area contributed by atoms with Gasteiger partial charge in [0.05, 0.1) is 29.7 Å². The summed E-state index contributed by atoms with van der Waals surface area (Å²) in [6.07, 6.45) is -1.22. The van der Waals surface area contributed by atoms with Crippen molar-refractivity contribution < 1.29 is 22.4 Å². The monoisotopic (exact) mass is 474 g/mol. The van der Waals surface area contributed by atoms with Gasteiger partial charge in [-0.05, 0) is 25.1 Å². The molecule has 0 aliphatic heterocycles. The number of halogens is 4. The molecule has 0 saturated carbocycles. The van der Waals surface area contributed by atoms with Crippen LogP contribution in [0, 0.1) is 11.2 Å². The van der Waals surface area contributed by atoms with Crippen molar-refractivity contribution >= 4 is 28.5 Å². The number of aromatic nitrogens is 5. The van der Waals surface area contributed by atoms with Crippen molar-refractivity contribution in [3.8, 4) is 0 Å². The molecule has 0 bridgehead atoms. The smallest absolute Gasteiger partial charge is 0.387 e. The number of aromatic amines is 2. The molecule has 3 aromatic heterocycles. The van der Waals surface area contributed by atoms with Gasteiger partial charge in [0.2, 0.25) is 0 Å². The van der Waals surface area contributed by atoms with Gasteiger partial charge in [0.15, 0.2) is 5.65 Å². The molecule has 1 unspecified atom stereocenters. The molecule has 0 aliphatic rings. The molecule has 0 spiro atoms. The minimum atomic E-state index is -4.58. The Morgan fingerprint density at radius 1 is 1.18 bits per heavy atom. The quantitative estimate of drug-likeness (QED) is 0.214. The summed E-state index contributed by atoms with van der Waals surface area (Å²) in [5, 5.41) is 13.9. The zero-order chi connectivity index (χ0) is 24.6. The third kappa shape index (κ3) is 4.31. The Kier molecular flexibility index (Phi) is 5.77. The van der Waals surface area contributed by atoms with E-state index in [4.69, 9.17) is 5.41 Å². The van der Waals surface area contributed by atoms with Crippen molar-refractivity contribution in [2.45, 2.75) is 19.1 Å². The van der Waals surface area contributed by atoms with Crippen molar-refractivity contribution in [2.24, 2.45) is 0 Å². The zero-order valence-corrected chi connectivity index (χ0v) is 17.8. The first kappa shape index (κ1) is 22.9. The van der Waals surface area contributed by atoms with Gasteiger partial charge in [0, 0.05) is 24.5 Å². The van der Waals surface area contributed by atoms with E-state index in [-0.39, 0.29) is 34.0 Å². The van der Waals surface area contributed by atoms with Crippen molar-refractivity contribution in [3.05, 3.63) is 70.9 Å². The molecule has 0 saturated heterocycles. The maximum atomic E-state index is 13.5. The Morgan fingerprint density at radius 3 is 2.62 bits per heavy atom. The van der Waals surface area contributed by atoms with E-state index in [0.29, 0.717) is 17.4 Å². The lowest BCUT2D eigenvalue weighted by Crippen LogP contribution is -2.27. The maximum Gasteiger partial charge on any atom is 0.432 e. The molecule has 5 N–H and O–H groups in total. The number of H-pyrrole nitrogens is 2. The van der Waals surface area contributed by atoms with Crippen LogP contribution in [-0.2, 0) is 6.18 Å². The number of benzene rings is 1. The second-order valence-electron chi connectivity index (χ2n) is 7.34. The van der Waals surface area contributed by atoms with Crippen molar-refractivity contribution in [1.29, 1.82) is 5.41 Å². The van der Waals surface area contributed by atoms with Gasteiger partial charge in [0.1, 0.15) is 28.5 Å². The minimum absolute atomic E-state index is 0.0464. The molecule has 0 aliphatic carbocycles. The Hall–Kier alpha value is -4.29. The van der Waals surface area contributed by atoms with E-state index in [1.807, 2.05) is 0 Å². The molecular weight excluding hydrogens is 456 g/mol. The number of hydrogen-bond donors (Lipinski definition) is 5. The highest BCUT2D eigenvalue weighted by Crippen LogP contribution is 2.28. The number of hydrogen-bond acceptors (Lipinski definition) is 6. The van der Waals surface area contributed by atoms with E-state index in [9.17, 15) is 22.4 Å². The zero-order valence-electron chi connectivity index (χ0n) is 17.8. The lowest BCUT2D eigenvalue weighted by Gasteiger charge is -2.12. The number of nitrogens with zero attached hydrogens (tertiary/aromatic N) is 3. The number of alkyl halides is 3. The van der Waals surface area contributed by atoms with Crippen LogP contribution < -0.4 is 10.6 Å². The average molecular weight is 474 g/mol. The summed E-state index contributed by atoms with van der Waals surface area (Å²) < 4.78 is 51.9. The van der Waals surface area contributed by atoms with Crippen molar-refractivity contribution in [2.75, 3.05) is 12.4 Å². The Morgan fingerprint density at radius 2 is 1.94 bits per heavy atom. The first-order valence-corrected chi connectivity index (χ1v) is 9.92. The van der Waals surface area contributed by atoms with Crippen molar-refractivity contribution in [1.82, 2.24) is 30.2 Å². The molecule has 1 aromatic carbocycles. The number of amides is 1. The third-order valence-corrected chi connectivity index (χ3v) is 5.06. The summed E-state index contributed by atoms with van der Waals surface area (Å²) in [5.74, 6) is -1.16. The largest absolute Gasteiger partial charge is 0.432 e. The molecule has 176 valence electrons. The van der Waals surface area contributed by atoms with Gasteiger partial charge >= 0.3 is 6.18 Å². The lowest BCUT2D eigenvalue weighted by atomic mass is 10.1. The van der Waals surface area contributed by atoms with Gasteiger partial charge in [0.25, 0.3) is 5.91 Å². The summed E-state index contributed by atoms with van der Waals surface area (Å²) >= 11 is 0. The number of imidazole rings is 1. The molecule has 3 heterocycles. The Labute approximate surface area is 189 Å². The van der Waals surface area contributed by atoms with Gasteiger partial charge < -0.3 is 20.6 Å². The van der Waals surface area contributed by atoms with E-state index < -0.39 is 29.6 Å². The second-order valence-corrected chi connectivity index (χ2v) is 7.34. The van der Waals surface area contributed by atoms with Crippen LogP contribution >= 0.6 is 0 Å². The van der Waals surface area contributed by atoms with Crippen LogP contribution in [0.25, 0.3) is 11.2 Å². The molecule has 13 heteroatoms. The highest BCUT2D eigenvalue weighted by atomic mass is 19.4. The van der Waals surface area contributed by atoms with Crippen LogP contribution in [0.5, 0.6) is 0 Å². The second kappa shape index (κ2) is 8.57. The topological polar surface area (TPSA) is 135 Å². The molecule has 1 amide bonds. The average Bonchev–Trinajstić information content (AvgIpc) is 3.45. The van der Waals surface area contributed by atoms with Gasteiger partial charge in [-0.1, -0.05) is 0 Å². The van der Waals surface area contributed by atoms with Gasteiger partial charge in [-0.25, -0.2) is 19.3 Å². The van der Waals surface area contributed by atoms with Gasteiger partial charge in [-0.2, -0.15) is 13.2 Å². The van der Waals surface area contributed by atoms with Crippen LogP contribution in [0.15, 0.2) is 36.8 Å². The van der Waals surface area contributed by atoms with Gasteiger partial charge in [-0.15, -0.1) is 0 Å². The summed E-state index contributed by atoms with van der Waals surface area (Å²) in [6.45, 7) is 1.48. The number of carbonyl (C=O) groups excluding carboxylic acids is 1. The molecular formula is C21H18F4N8O. The van der Waals surface area contributed by atoms with Gasteiger partial charge in [-0.3, -0.25) is 10.2 Å². The minimum Gasteiger partial charge on any atom is -0.387 e. The number of anilines is 1. The fourth-order valence-corrected chi connectivity index (χ4v) is 3.31. The molecule has 9 nitrogen and oxygen atoms in total.